The Bertz CT molecular complexity index is 1040. The first-order valence-corrected chi connectivity index (χ1v) is 9.50. The minimum absolute atomic E-state index is 0.0369. The standard InChI is InChI=1S/C19H23F2N7O/c1-11(2)28-12(3)24-13-9-23-17(8-14(13)28)25-16-4-6-22-18(26-16)27-7-5-15(29)19(20,21)10-27/h4,6,8-9,11,15,29H,5,7,10H2,1-3H3,(H,22,23,25,26). The molecule has 0 aromatic carbocycles. The van der Waals surface area contributed by atoms with Gasteiger partial charge < -0.3 is 19.9 Å². The second kappa shape index (κ2) is 7.18. The van der Waals surface area contributed by atoms with E-state index in [9.17, 15) is 13.9 Å². The lowest BCUT2D eigenvalue weighted by Gasteiger charge is -2.35. The minimum Gasteiger partial charge on any atom is -0.387 e. The molecule has 1 aliphatic heterocycles. The summed E-state index contributed by atoms with van der Waals surface area (Å²) >= 11 is 0. The van der Waals surface area contributed by atoms with E-state index in [-0.39, 0.29) is 25.0 Å². The van der Waals surface area contributed by atoms with E-state index in [1.807, 2.05) is 13.0 Å². The van der Waals surface area contributed by atoms with E-state index < -0.39 is 18.6 Å². The molecule has 1 unspecified atom stereocenters. The highest BCUT2D eigenvalue weighted by molar-refractivity contribution is 5.79. The number of nitrogens with one attached hydrogen (secondary N) is 1. The third kappa shape index (κ3) is 3.71. The predicted octanol–water partition coefficient (Wildman–Crippen LogP) is 3.06. The Hall–Kier alpha value is -2.88. The summed E-state index contributed by atoms with van der Waals surface area (Å²) in [5, 5.41) is 12.6. The number of piperidine rings is 1. The maximum atomic E-state index is 13.9. The van der Waals surface area contributed by atoms with Crippen LogP contribution in [-0.4, -0.2) is 54.7 Å². The van der Waals surface area contributed by atoms with E-state index in [0.29, 0.717) is 11.6 Å². The molecule has 3 aromatic rings. The van der Waals surface area contributed by atoms with Gasteiger partial charge in [0.15, 0.2) is 0 Å². The van der Waals surface area contributed by atoms with Crippen LogP contribution >= 0.6 is 0 Å². The summed E-state index contributed by atoms with van der Waals surface area (Å²) in [4.78, 5) is 18.7. The van der Waals surface area contributed by atoms with Crippen LogP contribution in [0.2, 0.25) is 0 Å². The van der Waals surface area contributed by atoms with Gasteiger partial charge in [-0.1, -0.05) is 0 Å². The molecule has 4 rings (SSSR count). The summed E-state index contributed by atoms with van der Waals surface area (Å²) in [6, 6.07) is 3.79. The first kappa shape index (κ1) is 19.4. The van der Waals surface area contributed by atoms with E-state index >= 15 is 0 Å². The Morgan fingerprint density at radius 1 is 1.24 bits per heavy atom. The number of alkyl halides is 2. The Kier molecular flexibility index (Phi) is 4.81. The first-order chi connectivity index (χ1) is 13.7. The molecule has 0 aliphatic carbocycles. The number of hydrogen-bond donors (Lipinski definition) is 2. The molecule has 154 valence electrons. The van der Waals surface area contributed by atoms with Crippen molar-refractivity contribution in [3.8, 4) is 0 Å². The van der Waals surface area contributed by atoms with Gasteiger partial charge in [-0.15, -0.1) is 0 Å². The minimum atomic E-state index is -3.19. The molecule has 3 aromatic heterocycles. The number of hydrogen-bond acceptors (Lipinski definition) is 7. The number of rotatable bonds is 4. The maximum Gasteiger partial charge on any atom is 0.290 e. The van der Waals surface area contributed by atoms with Crippen LogP contribution in [0.25, 0.3) is 11.0 Å². The normalized spacial score (nSPS) is 19.1. The van der Waals surface area contributed by atoms with Crippen molar-refractivity contribution in [1.29, 1.82) is 0 Å². The Labute approximate surface area is 166 Å². The first-order valence-electron chi connectivity index (χ1n) is 9.50. The second-order valence-corrected chi connectivity index (χ2v) is 7.53. The number of imidazole rings is 1. The molecule has 8 nitrogen and oxygen atoms in total. The molecule has 29 heavy (non-hydrogen) atoms. The molecule has 2 N–H and O–H groups in total. The van der Waals surface area contributed by atoms with Crippen LogP contribution in [0.15, 0.2) is 24.5 Å². The summed E-state index contributed by atoms with van der Waals surface area (Å²) in [6.07, 6.45) is 1.53. The van der Waals surface area contributed by atoms with E-state index in [0.717, 1.165) is 16.9 Å². The van der Waals surface area contributed by atoms with E-state index in [1.54, 1.807) is 12.3 Å². The number of aryl methyl sites for hydroxylation is 1. The Balaban J connectivity index is 1.59. The van der Waals surface area contributed by atoms with Crippen molar-refractivity contribution in [2.75, 3.05) is 23.3 Å². The summed E-state index contributed by atoms with van der Waals surface area (Å²) in [5.74, 6) is -1.07. The zero-order chi connectivity index (χ0) is 20.8. The molecule has 0 radical (unpaired) electrons. The van der Waals surface area contributed by atoms with Gasteiger partial charge in [-0.2, -0.15) is 4.98 Å². The average molecular weight is 403 g/mol. The maximum absolute atomic E-state index is 13.9. The highest BCUT2D eigenvalue weighted by atomic mass is 19.3. The van der Waals surface area contributed by atoms with Gasteiger partial charge >= 0.3 is 0 Å². The molecule has 10 heteroatoms. The summed E-state index contributed by atoms with van der Waals surface area (Å²) in [6.45, 7) is 5.77. The number of aromatic nitrogens is 5. The zero-order valence-electron chi connectivity index (χ0n) is 16.5. The highest BCUT2D eigenvalue weighted by Crippen LogP contribution is 2.29. The highest BCUT2D eigenvalue weighted by Gasteiger charge is 2.44. The van der Waals surface area contributed by atoms with Gasteiger partial charge in [0.2, 0.25) is 5.95 Å². The molecular formula is C19H23F2N7O. The number of pyridine rings is 1. The van der Waals surface area contributed by atoms with Crippen LogP contribution in [0.1, 0.15) is 32.1 Å². The van der Waals surface area contributed by atoms with E-state index in [4.69, 9.17) is 0 Å². The molecule has 1 atom stereocenters. The van der Waals surface area contributed by atoms with Gasteiger partial charge in [-0.25, -0.2) is 23.7 Å². The van der Waals surface area contributed by atoms with Gasteiger partial charge in [-0.3, -0.25) is 0 Å². The number of aliphatic hydroxyl groups is 1. The summed E-state index contributed by atoms with van der Waals surface area (Å²) < 4.78 is 29.8. The molecule has 4 heterocycles. The third-order valence-electron chi connectivity index (χ3n) is 5.01. The van der Waals surface area contributed by atoms with Crippen LogP contribution in [0.3, 0.4) is 0 Å². The van der Waals surface area contributed by atoms with Crippen molar-refractivity contribution in [2.24, 2.45) is 0 Å². The van der Waals surface area contributed by atoms with Crippen LogP contribution < -0.4 is 10.2 Å². The van der Waals surface area contributed by atoms with Crippen LogP contribution in [0.4, 0.5) is 26.4 Å². The fourth-order valence-corrected chi connectivity index (χ4v) is 3.64. The molecule has 1 aliphatic rings. The quantitative estimate of drug-likeness (QED) is 0.692. The number of anilines is 3. The number of aliphatic hydroxyl groups excluding tert-OH is 1. The monoisotopic (exact) mass is 403 g/mol. The molecule has 1 saturated heterocycles. The number of halogens is 2. The topological polar surface area (TPSA) is 92.0 Å². The molecular weight excluding hydrogens is 380 g/mol. The van der Waals surface area contributed by atoms with Crippen LogP contribution in [-0.2, 0) is 0 Å². The fourth-order valence-electron chi connectivity index (χ4n) is 3.64. The predicted molar refractivity (Wildman–Crippen MR) is 106 cm³/mol. The fraction of sp³-hybridized carbons (Fsp3) is 0.474. The van der Waals surface area contributed by atoms with Gasteiger partial charge in [0.1, 0.15) is 29.1 Å². The van der Waals surface area contributed by atoms with Crippen molar-refractivity contribution in [2.45, 2.75) is 45.3 Å². The Morgan fingerprint density at radius 3 is 2.76 bits per heavy atom. The van der Waals surface area contributed by atoms with Crippen molar-refractivity contribution in [3.05, 3.63) is 30.4 Å². The smallest absolute Gasteiger partial charge is 0.290 e. The van der Waals surface area contributed by atoms with Crippen LogP contribution in [0, 0.1) is 6.92 Å². The van der Waals surface area contributed by atoms with Gasteiger partial charge in [-0.05, 0) is 33.3 Å². The van der Waals surface area contributed by atoms with Gasteiger partial charge in [0.25, 0.3) is 5.92 Å². The summed E-state index contributed by atoms with van der Waals surface area (Å²) in [5.41, 5.74) is 1.76. The van der Waals surface area contributed by atoms with E-state index in [1.165, 1.54) is 11.1 Å². The largest absolute Gasteiger partial charge is 0.387 e. The van der Waals surface area contributed by atoms with E-state index in [2.05, 4.69) is 43.7 Å². The Morgan fingerprint density at radius 2 is 2.03 bits per heavy atom. The zero-order valence-corrected chi connectivity index (χ0v) is 16.5. The van der Waals surface area contributed by atoms with Crippen molar-refractivity contribution >= 4 is 28.6 Å². The SMILES string of the molecule is Cc1nc2cnc(Nc3ccnc(N4CCC(O)C(F)(F)C4)n3)cc2n1C(C)C. The van der Waals surface area contributed by atoms with Crippen molar-refractivity contribution in [1.82, 2.24) is 24.5 Å². The lowest BCUT2D eigenvalue weighted by molar-refractivity contribution is -0.113. The lowest BCUT2D eigenvalue weighted by Crippen LogP contribution is -2.52. The van der Waals surface area contributed by atoms with Gasteiger partial charge in [0.05, 0.1) is 18.3 Å². The summed E-state index contributed by atoms with van der Waals surface area (Å²) in [7, 11) is 0. The van der Waals surface area contributed by atoms with Crippen molar-refractivity contribution < 1.29 is 13.9 Å². The average Bonchev–Trinajstić information content (AvgIpc) is 2.99. The van der Waals surface area contributed by atoms with Crippen LogP contribution in [0.5, 0.6) is 0 Å². The molecule has 1 fully saturated rings. The molecule has 0 amide bonds. The molecule has 0 spiro atoms. The van der Waals surface area contributed by atoms with Crippen molar-refractivity contribution in [3.63, 3.8) is 0 Å². The van der Waals surface area contributed by atoms with Gasteiger partial charge in [0, 0.05) is 24.8 Å². The number of fused-ring (bicyclic) bond motifs is 1. The molecule has 0 saturated carbocycles. The molecule has 0 bridgehead atoms. The third-order valence-corrected chi connectivity index (χ3v) is 5.01. The second-order valence-electron chi connectivity index (χ2n) is 7.53. The lowest BCUT2D eigenvalue weighted by atomic mass is 10.0. The number of nitrogens with zero attached hydrogens (tertiary/aromatic N) is 6.